The third-order valence-corrected chi connectivity index (χ3v) is 24.1. The van der Waals surface area contributed by atoms with E-state index in [0.29, 0.717) is 5.41 Å². The van der Waals surface area contributed by atoms with Crippen LogP contribution in [-0.4, -0.2) is 8.07 Å². The summed E-state index contributed by atoms with van der Waals surface area (Å²) < 4.78 is 0. The molecule has 4 aliphatic carbocycles. The fourth-order valence-corrected chi connectivity index (χ4v) is 21.1. The van der Waals surface area contributed by atoms with Gasteiger partial charge < -0.3 is 4.90 Å². The van der Waals surface area contributed by atoms with E-state index in [9.17, 15) is 0 Å². The number of hydrogen-bond donors (Lipinski definition) is 0. The van der Waals surface area contributed by atoms with E-state index in [0.717, 1.165) is 23.7 Å². The van der Waals surface area contributed by atoms with Crippen LogP contribution in [0.2, 0.25) is 0 Å². The summed E-state index contributed by atoms with van der Waals surface area (Å²) in [5.74, 6) is 3.44. The second-order valence-corrected chi connectivity index (χ2v) is 27.8. The highest BCUT2D eigenvalue weighted by atomic mass is 28.3. The first-order valence-electron chi connectivity index (χ1n) is 27.1. The van der Waals surface area contributed by atoms with Crippen molar-refractivity contribution in [3.63, 3.8) is 0 Å². The maximum atomic E-state index is 2.63. The van der Waals surface area contributed by atoms with E-state index in [1.54, 1.807) is 5.56 Å². The van der Waals surface area contributed by atoms with E-state index in [1.165, 1.54) is 132 Å². The van der Waals surface area contributed by atoms with Gasteiger partial charge in [-0.05, 0) is 179 Å². The molecule has 5 atom stereocenters. The Morgan fingerprint density at radius 1 is 0.472 bits per heavy atom. The molecule has 2 unspecified atom stereocenters. The maximum absolute atomic E-state index is 2.63. The maximum Gasteiger partial charge on any atom is 0.180 e. The van der Waals surface area contributed by atoms with Gasteiger partial charge in [0.1, 0.15) is 0 Å². The molecule has 0 N–H and O–H groups in total. The molecule has 1 nitrogen and oxygen atoms in total. The predicted octanol–water partition coefficient (Wildman–Crippen LogP) is 15.7. The Morgan fingerprint density at radius 3 is 1.88 bits per heavy atom. The zero-order chi connectivity index (χ0) is 48.6. The van der Waals surface area contributed by atoms with Crippen molar-refractivity contribution in [2.24, 2.45) is 23.7 Å². The molecule has 0 aromatic heterocycles. The lowest BCUT2D eigenvalue weighted by atomic mass is 9.34. The zero-order valence-corrected chi connectivity index (χ0v) is 43.6. The molecular formula is C70H65NSi. The fraction of sp³-hybridized carbons (Fsp3) is 0.257. The van der Waals surface area contributed by atoms with E-state index in [4.69, 9.17) is 0 Å². The van der Waals surface area contributed by atoms with Gasteiger partial charge in [0.25, 0.3) is 0 Å². The molecule has 354 valence electrons. The van der Waals surface area contributed by atoms with Crippen molar-refractivity contribution in [2.45, 2.75) is 89.4 Å². The molecule has 5 aliphatic rings. The van der Waals surface area contributed by atoms with Crippen LogP contribution in [0.1, 0.15) is 89.8 Å². The summed E-state index contributed by atoms with van der Waals surface area (Å²) in [5.41, 5.74) is 16.7. The summed E-state index contributed by atoms with van der Waals surface area (Å²) in [5, 5.41) is 8.31. The van der Waals surface area contributed by atoms with Crippen molar-refractivity contribution < 1.29 is 0 Å². The van der Waals surface area contributed by atoms with Crippen LogP contribution in [0.25, 0.3) is 44.2 Å². The van der Waals surface area contributed by atoms with Crippen molar-refractivity contribution >= 4 is 56.7 Å². The first kappa shape index (κ1) is 44.0. The topological polar surface area (TPSA) is 3.24 Å². The largest absolute Gasteiger partial charge is 0.309 e. The average molecular weight is 948 g/mol. The molecule has 72 heavy (non-hydrogen) atoms. The van der Waals surface area contributed by atoms with Crippen LogP contribution < -0.4 is 25.6 Å². The number of rotatable bonds is 8. The van der Waals surface area contributed by atoms with Gasteiger partial charge in [-0.3, -0.25) is 0 Å². The number of nitrogens with zero attached hydrogens (tertiary/aromatic N) is 1. The summed E-state index contributed by atoms with van der Waals surface area (Å²) in [7, 11) is -2.63. The third-order valence-electron chi connectivity index (χ3n) is 19.2. The molecule has 9 aromatic carbocycles. The first-order chi connectivity index (χ1) is 35.0. The van der Waals surface area contributed by atoms with Crippen LogP contribution in [0.4, 0.5) is 17.1 Å². The van der Waals surface area contributed by atoms with Crippen LogP contribution in [-0.2, 0) is 16.2 Å². The molecule has 3 saturated carbocycles. The van der Waals surface area contributed by atoms with E-state index >= 15 is 0 Å². The Hall–Kier alpha value is -6.74. The molecule has 0 saturated heterocycles. The highest BCUT2D eigenvalue weighted by molar-refractivity contribution is 7.22. The highest BCUT2D eigenvalue weighted by Crippen LogP contribution is 2.71. The molecule has 3 fully saturated rings. The Balaban J connectivity index is 0.952. The van der Waals surface area contributed by atoms with Gasteiger partial charge in [0, 0.05) is 16.6 Å². The Labute approximate surface area is 428 Å². The number of para-hydroxylation sites is 1. The summed E-state index contributed by atoms with van der Waals surface area (Å²) >= 11 is 0. The van der Waals surface area contributed by atoms with Gasteiger partial charge in [0.2, 0.25) is 0 Å². The van der Waals surface area contributed by atoms with Crippen LogP contribution in [0.5, 0.6) is 0 Å². The number of hydrogen-bond acceptors (Lipinski definition) is 1. The van der Waals surface area contributed by atoms with Gasteiger partial charge in [0.15, 0.2) is 8.07 Å². The summed E-state index contributed by atoms with van der Waals surface area (Å²) in [4.78, 5) is 2.63. The quantitative estimate of drug-likeness (QED) is 0.137. The third kappa shape index (κ3) is 6.37. The van der Waals surface area contributed by atoms with Crippen molar-refractivity contribution in [2.75, 3.05) is 4.90 Å². The number of anilines is 3. The molecule has 0 spiro atoms. The van der Waals surface area contributed by atoms with E-state index in [2.05, 4.69) is 246 Å². The minimum absolute atomic E-state index is 0.112. The Kier molecular flexibility index (Phi) is 9.86. The van der Waals surface area contributed by atoms with Crippen LogP contribution >= 0.6 is 0 Å². The van der Waals surface area contributed by atoms with Crippen molar-refractivity contribution in [1.29, 1.82) is 0 Å². The first-order valence-corrected chi connectivity index (χ1v) is 29.1. The molecule has 0 bridgehead atoms. The summed E-state index contributed by atoms with van der Waals surface area (Å²) in [6.45, 7) is 12.3. The van der Waals surface area contributed by atoms with E-state index in [-0.39, 0.29) is 10.8 Å². The van der Waals surface area contributed by atoms with E-state index in [1.807, 2.05) is 0 Å². The minimum Gasteiger partial charge on any atom is -0.309 e. The van der Waals surface area contributed by atoms with Gasteiger partial charge in [-0.2, -0.15) is 0 Å². The minimum atomic E-state index is -2.63. The second-order valence-electron chi connectivity index (χ2n) is 24.1. The van der Waals surface area contributed by atoms with Crippen molar-refractivity contribution in [1.82, 2.24) is 0 Å². The zero-order valence-electron chi connectivity index (χ0n) is 42.6. The standard InChI is InChI=1S/C70H65NSi/c1-46-39-50-41-51-45-70(44-46,67(50)51)52-20-17-21-53(43-52)71(62-29-14-12-26-56(62)49-34-36-60-61(42-49)69(4,5)38-37-68(60,2)3)63-30-16-19-47-40-48(33-35-57(47)63)58-28-18-32-65-66(58)59-27-13-15-31-64(59)72(65,54-22-8-6-9-23-54)55-24-10-7-11-25-55/h6-36,40,42-43,46,50-51,67H,37-39,41,44-45H2,1-5H3/t46-,50?,51+,67?,70+/m1/s1. The monoisotopic (exact) mass is 947 g/mol. The molecular weight excluding hydrogens is 883 g/mol. The van der Waals surface area contributed by atoms with E-state index < -0.39 is 8.07 Å². The second kappa shape index (κ2) is 16.1. The summed E-state index contributed by atoms with van der Waals surface area (Å²) in [6, 6.07) is 80.1. The van der Waals surface area contributed by atoms with Crippen molar-refractivity contribution in [3.05, 3.63) is 223 Å². The van der Waals surface area contributed by atoms with Gasteiger partial charge in [0.05, 0.1) is 11.4 Å². The molecule has 1 heterocycles. The van der Waals surface area contributed by atoms with Crippen LogP contribution in [0.15, 0.2) is 206 Å². The summed E-state index contributed by atoms with van der Waals surface area (Å²) in [6.07, 6.45) is 7.93. The highest BCUT2D eigenvalue weighted by Gasteiger charge is 2.65. The lowest BCUT2D eigenvalue weighted by Gasteiger charge is -2.70. The molecule has 9 aromatic rings. The van der Waals surface area contributed by atoms with Crippen LogP contribution in [0, 0.1) is 23.7 Å². The average Bonchev–Trinajstić information content (AvgIpc) is 3.70. The molecule has 0 amide bonds. The van der Waals surface area contributed by atoms with Gasteiger partial charge in [-0.15, -0.1) is 0 Å². The van der Waals surface area contributed by atoms with Gasteiger partial charge in [-0.1, -0.05) is 211 Å². The predicted molar refractivity (Wildman–Crippen MR) is 307 cm³/mol. The number of benzene rings is 9. The fourth-order valence-electron chi connectivity index (χ4n) is 15.9. The molecule has 0 radical (unpaired) electrons. The lowest BCUT2D eigenvalue weighted by molar-refractivity contribution is -0.159. The van der Waals surface area contributed by atoms with Gasteiger partial charge in [-0.25, -0.2) is 0 Å². The number of fused-ring (bicyclic) bond motifs is 5. The molecule has 2 heteroatoms. The van der Waals surface area contributed by atoms with Crippen molar-refractivity contribution in [3.8, 4) is 33.4 Å². The SMILES string of the molecule is C[C@@H]1CC2C[C@H]3C[C@](c4cccc(N(c5ccccc5-c5ccc6c(c5)C(C)(C)CCC6(C)C)c5cccc6cc(-c7cccc8c7-c7ccccc7[Si]8(c7ccccc7)c7ccccc7)ccc56)c4)(C1)C23. The smallest absolute Gasteiger partial charge is 0.180 e. The molecule has 14 rings (SSSR count). The van der Waals surface area contributed by atoms with Crippen LogP contribution in [0.3, 0.4) is 0 Å². The Bertz CT molecular complexity index is 3560. The van der Waals surface area contributed by atoms with Gasteiger partial charge >= 0.3 is 0 Å². The normalized spacial score (nSPS) is 23.4. The Morgan fingerprint density at radius 2 is 1.10 bits per heavy atom. The lowest BCUT2D eigenvalue weighted by Crippen LogP contribution is -2.72. The molecule has 1 aliphatic heterocycles.